The Bertz CT molecular complexity index is 832. The van der Waals surface area contributed by atoms with E-state index in [0.29, 0.717) is 18.0 Å². The van der Waals surface area contributed by atoms with E-state index in [1.807, 2.05) is 35.2 Å². The fourth-order valence-electron chi connectivity index (χ4n) is 3.26. The first-order valence-corrected chi connectivity index (χ1v) is 9.30. The first-order valence-electron chi connectivity index (χ1n) is 9.30. The second kappa shape index (κ2) is 8.87. The summed E-state index contributed by atoms with van der Waals surface area (Å²) in [5, 5.41) is 0. The third kappa shape index (κ3) is 4.50. The van der Waals surface area contributed by atoms with Gasteiger partial charge in [-0.15, -0.1) is 0 Å². The van der Waals surface area contributed by atoms with Crippen LogP contribution in [0.4, 0.5) is 0 Å². The molecule has 2 aromatic carbocycles. The highest BCUT2D eigenvalue weighted by Crippen LogP contribution is 2.33. The molecule has 1 saturated carbocycles. The van der Waals surface area contributed by atoms with E-state index in [4.69, 9.17) is 18.9 Å². The van der Waals surface area contributed by atoms with E-state index in [-0.39, 0.29) is 18.4 Å². The molecule has 0 spiro atoms. The second-order valence-corrected chi connectivity index (χ2v) is 6.79. The summed E-state index contributed by atoms with van der Waals surface area (Å²) in [6.07, 6.45) is 2.32. The van der Waals surface area contributed by atoms with E-state index >= 15 is 0 Å². The number of ether oxygens (including phenoxy) is 4. The molecule has 0 atom stereocenters. The molecule has 1 aliphatic carbocycles. The first kappa shape index (κ1) is 19.9. The monoisotopic (exact) mass is 385 g/mol. The predicted molar refractivity (Wildman–Crippen MR) is 106 cm³/mol. The molecule has 0 radical (unpaired) electrons. The smallest absolute Gasteiger partial charge is 0.227 e. The topological polar surface area (TPSA) is 57.2 Å². The molecular formula is C22H27NO5. The molecule has 0 bridgehead atoms. The Morgan fingerprint density at radius 1 is 0.857 bits per heavy atom. The molecule has 1 fully saturated rings. The average molecular weight is 385 g/mol. The molecule has 150 valence electrons. The lowest BCUT2D eigenvalue weighted by Crippen LogP contribution is -2.34. The third-order valence-electron chi connectivity index (χ3n) is 4.97. The van der Waals surface area contributed by atoms with Gasteiger partial charge in [-0.05, 0) is 37.1 Å². The highest BCUT2D eigenvalue weighted by Gasteiger charge is 2.33. The Morgan fingerprint density at radius 2 is 1.50 bits per heavy atom. The third-order valence-corrected chi connectivity index (χ3v) is 4.97. The minimum Gasteiger partial charge on any atom is -0.497 e. The predicted octanol–water partition coefficient (Wildman–Crippen LogP) is 3.45. The van der Waals surface area contributed by atoms with Crippen LogP contribution in [0.25, 0.3) is 0 Å². The quantitative estimate of drug-likeness (QED) is 0.662. The highest BCUT2D eigenvalue weighted by atomic mass is 16.5. The summed E-state index contributed by atoms with van der Waals surface area (Å²) in [6.45, 7) is 0.488. The molecule has 2 aromatic rings. The summed E-state index contributed by atoms with van der Waals surface area (Å²) in [4.78, 5) is 15.1. The van der Waals surface area contributed by atoms with Crippen LogP contribution < -0.4 is 18.9 Å². The van der Waals surface area contributed by atoms with Gasteiger partial charge in [-0.2, -0.15) is 0 Å². The van der Waals surface area contributed by atoms with Gasteiger partial charge >= 0.3 is 0 Å². The van der Waals surface area contributed by atoms with Gasteiger partial charge in [-0.1, -0.05) is 6.07 Å². The van der Waals surface area contributed by atoms with Crippen molar-refractivity contribution in [1.29, 1.82) is 0 Å². The lowest BCUT2D eigenvalue weighted by Gasteiger charge is -2.24. The van der Waals surface area contributed by atoms with E-state index in [2.05, 4.69) is 0 Å². The second-order valence-electron chi connectivity index (χ2n) is 6.79. The lowest BCUT2D eigenvalue weighted by atomic mass is 10.1. The summed E-state index contributed by atoms with van der Waals surface area (Å²) >= 11 is 0. The molecule has 0 saturated heterocycles. The zero-order valence-electron chi connectivity index (χ0n) is 16.9. The minimum atomic E-state index is 0.0656. The number of hydrogen-bond acceptors (Lipinski definition) is 5. The molecule has 6 nitrogen and oxygen atoms in total. The maximum Gasteiger partial charge on any atom is 0.227 e. The summed E-state index contributed by atoms with van der Waals surface area (Å²) in [5.74, 6) is 2.92. The Hall–Kier alpha value is -2.89. The van der Waals surface area contributed by atoms with E-state index in [9.17, 15) is 4.79 Å². The molecule has 0 aromatic heterocycles. The Morgan fingerprint density at radius 3 is 2.11 bits per heavy atom. The van der Waals surface area contributed by atoms with Crippen LogP contribution in [-0.2, 0) is 17.8 Å². The van der Waals surface area contributed by atoms with Crippen molar-refractivity contribution in [2.75, 3.05) is 28.4 Å². The standard InChI is InChI=1S/C22H27NO5/c1-25-18-9-10-20(27-3)16(11-18)14-23(17-6-7-17)22(24)12-15-5-8-19(26-2)13-21(15)28-4/h5,8-11,13,17H,6-7,12,14H2,1-4H3. The van der Waals surface area contributed by atoms with E-state index in [1.165, 1.54) is 0 Å². The summed E-state index contributed by atoms with van der Waals surface area (Å²) in [6, 6.07) is 11.5. The van der Waals surface area contributed by atoms with Crippen LogP contribution in [0.2, 0.25) is 0 Å². The molecule has 0 heterocycles. The fraction of sp³-hybridized carbons (Fsp3) is 0.409. The summed E-state index contributed by atoms with van der Waals surface area (Å²) in [7, 11) is 6.47. The van der Waals surface area contributed by atoms with Crippen LogP contribution in [0.5, 0.6) is 23.0 Å². The molecule has 28 heavy (non-hydrogen) atoms. The number of rotatable bonds is 9. The van der Waals surface area contributed by atoms with Crippen LogP contribution >= 0.6 is 0 Å². The van der Waals surface area contributed by atoms with Gasteiger partial charge in [0.2, 0.25) is 5.91 Å². The molecule has 3 rings (SSSR count). The molecule has 0 N–H and O–H groups in total. The number of nitrogens with zero attached hydrogens (tertiary/aromatic N) is 1. The SMILES string of the molecule is COc1ccc(OC)c(CN(C(=O)Cc2ccc(OC)cc2OC)C2CC2)c1. The maximum atomic E-state index is 13.1. The number of benzene rings is 2. The average Bonchev–Trinajstić information content (AvgIpc) is 3.57. The van der Waals surface area contributed by atoms with Crippen LogP contribution in [0.1, 0.15) is 24.0 Å². The van der Waals surface area contributed by atoms with Crippen LogP contribution in [0.15, 0.2) is 36.4 Å². The van der Waals surface area contributed by atoms with Gasteiger partial charge in [0.15, 0.2) is 0 Å². The van der Waals surface area contributed by atoms with Crippen LogP contribution in [-0.4, -0.2) is 45.3 Å². The van der Waals surface area contributed by atoms with Crippen molar-refractivity contribution in [2.24, 2.45) is 0 Å². The molecule has 1 amide bonds. The van der Waals surface area contributed by atoms with Crippen LogP contribution in [0.3, 0.4) is 0 Å². The molecular weight excluding hydrogens is 358 g/mol. The molecule has 1 aliphatic rings. The van der Waals surface area contributed by atoms with Crippen molar-refractivity contribution in [2.45, 2.75) is 31.8 Å². The number of hydrogen-bond donors (Lipinski definition) is 0. The first-order chi connectivity index (χ1) is 13.6. The van der Waals surface area contributed by atoms with Gasteiger partial charge in [0.05, 0.1) is 34.9 Å². The van der Waals surface area contributed by atoms with Crippen molar-refractivity contribution >= 4 is 5.91 Å². The number of methoxy groups -OCH3 is 4. The van der Waals surface area contributed by atoms with Crippen molar-refractivity contribution in [1.82, 2.24) is 4.90 Å². The number of carbonyl (C=O) groups is 1. The van der Waals surface area contributed by atoms with E-state index in [1.54, 1.807) is 34.5 Å². The minimum absolute atomic E-state index is 0.0656. The van der Waals surface area contributed by atoms with Gasteiger partial charge in [0.25, 0.3) is 0 Å². The summed E-state index contributed by atoms with van der Waals surface area (Å²) in [5.41, 5.74) is 1.78. The Kier molecular flexibility index (Phi) is 6.29. The lowest BCUT2D eigenvalue weighted by molar-refractivity contribution is -0.131. The number of carbonyl (C=O) groups excluding carboxylic acids is 1. The van der Waals surface area contributed by atoms with E-state index in [0.717, 1.165) is 35.5 Å². The van der Waals surface area contributed by atoms with Gasteiger partial charge in [0, 0.05) is 29.8 Å². The Labute approximate surface area is 166 Å². The number of amides is 1. The van der Waals surface area contributed by atoms with Crippen molar-refractivity contribution < 1.29 is 23.7 Å². The van der Waals surface area contributed by atoms with Gasteiger partial charge in [-0.25, -0.2) is 0 Å². The summed E-state index contributed by atoms with van der Waals surface area (Å²) < 4.78 is 21.5. The normalized spacial score (nSPS) is 13.0. The van der Waals surface area contributed by atoms with Crippen molar-refractivity contribution in [3.8, 4) is 23.0 Å². The Balaban J connectivity index is 1.81. The van der Waals surface area contributed by atoms with Gasteiger partial charge < -0.3 is 23.8 Å². The fourth-order valence-corrected chi connectivity index (χ4v) is 3.26. The van der Waals surface area contributed by atoms with Crippen LogP contribution in [0, 0.1) is 0 Å². The van der Waals surface area contributed by atoms with Gasteiger partial charge in [0.1, 0.15) is 23.0 Å². The largest absolute Gasteiger partial charge is 0.497 e. The maximum absolute atomic E-state index is 13.1. The molecule has 0 unspecified atom stereocenters. The highest BCUT2D eigenvalue weighted by molar-refractivity contribution is 5.80. The van der Waals surface area contributed by atoms with Crippen molar-refractivity contribution in [3.05, 3.63) is 47.5 Å². The zero-order valence-corrected chi connectivity index (χ0v) is 16.9. The van der Waals surface area contributed by atoms with E-state index < -0.39 is 0 Å². The zero-order chi connectivity index (χ0) is 20.1. The molecule has 6 heteroatoms. The molecule has 0 aliphatic heterocycles. The van der Waals surface area contributed by atoms with Crippen molar-refractivity contribution in [3.63, 3.8) is 0 Å². The van der Waals surface area contributed by atoms with Gasteiger partial charge in [-0.3, -0.25) is 4.79 Å².